The summed E-state index contributed by atoms with van der Waals surface area (Å²) in [6.45, 7) is 3.98. The number of para-hydroxylation sites is 1. The Kier molecular flexibility index (Phi) is 5.48. The van der Waals surface area contributed by atoms with Crippen molar-refractivity contribution in [2.24, 2.45) is 5.92 Å². The van der Waals surface area contributed by atoms with Gasteiger partial charge in [0.15, 0.2) is 0 Å². The molecule has 0 saturated carbocycles. The Labute approximate surface area is 158 Å². The fraction of sp³-hybridized carbons (Fsp3) is 0.450. The summed E-state index contributed by atoms with van der Waals surface area (Å²) in [5.41, 5.74) is 1.94. The predicted molar refractivity (Wildman–Crippen MR) is 102 cm³/mol. The second-order valence-electron chi connectivity index (χ2n) is 7.10. The quantitative estimate of drug-likeness (QED) is 0.649. The number of nitrogens with zero attached hydrogens (tertiary/aromatic N) is 4. The average Bonchev–Trinajstić information content (AvgIpc) is 3.35. The Hall–Kier alpha value is -2.67. The number of aromatic nitrogens is 3. The lowest BCUT2D eigenvalue weighted by Crippen LogP contribution is -2.43. The van der Waals surface area contributed by atoms with Crippen LogP contribution in [0.5, 0.6) is 0 Å². The summed E-state index contributed by atoms with van der Waals surface area (Å²) in [6, 6.07) is 11.8. The average molecular weight is 367 g/mol. The highest BCUT2D eigenvalue weighted by atomic mass is 16.3. The summed E-state index contributed by atoms with van der Waals surface area (Å²) in [4.78, 5) is 14.8. The zero-order chi connectivity index (χ0) is 18.5. The zero-order valence-corrected chi connectivity index (χ0v) is 15.4. The highest BCUT2D eigenvalue weighted by Gasteiger charge is 2.25. The molecule has 27 heavy (non-hydrogen) atoms. The molecule has 3 heterocycles. The third kappa shape index (κ3) is 4.36. The summed E-state index contributed by atoms with van der Waals surface area (Å²) in [5, 5.41) is 11.4. The van der Waals surface area contributed by atoms with Crippen LogP contribution in [-0.2, 0) is 17.9 Å². The van der Waals surface area contributed by atoms with Gasteiger partial charge in [-0.25, -0.2) is 4.68 Å². The van der Waals surface area contributed by atoms with Crippen molar-refractivity contribution in [1.29, 1.82) is 0 Å². The SMILES string of the molecule is O=C(NCCCn1nnc2ccccc21)C1CCCN(Cc2ccco2)C1. The number of likely N-dealkylation sites (tertiary alicyclic amines) is 1. The minimum absolute atomic E-state index is 0.0564. The van der Waals surface area contributed by atoms with Crippen LogP contribution in [-0.4, -0.2) is 45.4 Å². The molecule has 1 unspecified atom stereocenters. The minimum Gasteiger partial charge on any atom is -0.468 e. The van der Waals surface area contributed by atoms with E-state index in [-0.39, 0.29) is 11.8 Å². The van der Waals surface area contributed by atoms with Crippen molar-refractivity contribution in [3.8, 4) is 0 Å². The van der Waals surface area contributed by atoms with Crippen LogP contribution in [0.25, 0.3) is 11.0 Å². The molecule has 1 aromatic carbocycles. The number of aryl methyl sites for hydroxylation is 1. The molecular weight excluding hydrogens is 342 g/mol. The van der Waals surface area contributed by atoms with Crippen molar-refractivity contribution in [1.82, 2.24) is 25.2 Å². The van der Waals surface area contributed by atoms with E-state index in [0.717, 1.165) is 62.2 Å². The monoisotopic (exact) mass is 367 g/mol. The second-order valence-corrected chi connectivity index (χ2v) is 7.10. The molecule has 1 amide bonds. The normalized spacial score (nSPS) is 18.0. The smallest absolute Gasteiger partial charge is 0.224 e. The molecule has 1 N–H and O–H groups in total. The van der Waals surface area contributed by atoms with Crippen LogP contribution in [0.1, 0.15) is 25.0 Å². The van der Waals surface area contributed by atoms with Gasteiger partial charge in [-0.2, -0.15) is 0 Å². The highest BCUT2D eigenvalue weighted by molar-refractivity contribution is 5.79. The summed E-state index contributed by atoms with van der Waals surface area (Å²) >= 11 is 0. The molecule has 2 aromatic heterocycles. The molecule has 0 radical (unpaired) electrons. The summed E-state index contributed by atoms with van der Waals surface area (Å²) in [6.07, 6.45) is 4.53. The first-order valence-corrected chi connectivity index (χ1v) is 9.60. The first kappa shape index (κ1) is 17.7. The Bertz CT molecular complexity index is 874. The zero-order valence-electron chi connectivity index (χ0n) is 15.4. The Balaban J connectivity index is 1.22. The van der Waals surface area contributed by atoms with E-state index < -0.39 is 0 Å². The summed E-state index contributed by atoms with van der Waals surface area (Å²) in [5.74, 6) is 1.17. The topological polar surface area (TPSA) is 76.2 Å². The Morgan fingerprint density at radius 3 is 3.07 bits per heavy atom. The molecular formula is C20H25N5O2. The van der Waals surface area contributed by atoms with Crippen LogP contribution in [0.15, 0.2) is 47.1 Å². The molecule has 1 aliphatic rings. The molecule has 7 heteroatoms. The molecule has 3 aromatic rings. The lowest BCUT2D eigenvalue weighted by atomic mass is 9.97. The first-order valence-electron chi connectivity index (χ1n) is 9.60. The van der Waals surface area contributed by atoms with Crippen LogP contribution < -0.4 is 5.32 Å². The molecule has 1 fully saturated rings. The van der Waals surface area contributed by atoms with Gasteiger partial charge in [0.25, 0.3) is 0 Å². The second kappa shape index (κ2) is 8.35. The summed E-state index contributed by atoms with van der Waals surface area (Å²) < 4.78 is 7.32. The van der Waals surface area contributed by atoms with Crippen molar-refractivity contribution >= 4 is 16.9 Å². The van der Waals surface area contributed by atoms with Gasteiger partial charge in [-0.05, 0) is 50.1 Å². The van der Waals surface area contributed by atoms with E-state index in [1.165, 1.54) is 0 Å². The fourth-order valence-corrected chi connectivity index (χ4v) is 3.70. The molecule has 142 valence electrons. The van der Waals surface area contributed by atoms with Gasteiger partial charge < -0.3 is 9.73 Å². The number of amides is 1. The maximum absolute atomic E-state index is 12.5. The van der Waals surface area contributed by atoms with Gasteiger partial charge in [0.1, 0.15) is 11.3 Å². The fourth-order valence-electron chi connectivity index (χ4n) is 3.70. The van der Waals surface area contributed by atoms with Crippen molar-refractivity contribution in [2.75, 3.05) is 19.6 Å². The lowest BCUT2D eigenvalue weighted by Gasteiger charge is -2.31. The van der Waals surface area contributed by atoms with E-state index in [1.54, 1.807) is 6.26 Å². The highest BCUT2D eigenvalue weighted by Crippen LogP contribution is 2.19. The van der Waals surface area contributed by atoms with Crippen molar-refractivity contribution in [2.45, 2.75) is 32.4 Å². The van der Waals surface area contributed by atoms with Gasteiger partial charge in [0.2, 0.25) is 5.91 Å². The maximum atomic E-state index is 12.5. The van der Waals surface area contributed by atoms with E-state index in [9.17, 15) is 4.79 Å². The van der Waals surface area contributed by atoms with Crippen molar-refractivity contribution in [3.05, 3.63) is 48.4 Å². The van der Waals surface area contributed by atoms with Gasteiger partial charge in [-0.1, -0.05) is 17.3 Å². The van der Waals surface area contributed by atoms with Gasteiger partial charge >= 0.3 is 0 Å². The maximum Gasteiger partial charge on any atom is 0.224 e. The number of carbonyl (C=O) groups excluding carboxylic acids is 1. The van der Waals surface area contributed by atoms with Gasteiger partial charge in [-0.3, -0.25) is 9.69 Å². The number of hydrogen-bond donors (Lipinski definition) is 1. The molecule has 7 nitrogen and oxygen atoms in total. The number of hydrogen-bond acceptors (Lipinski definition) is 5. The Morgan fingerprint density at radius 2 is 2.19 bits per heavy atom. The van der Waals surface area contributed by atoms with E-state index in [2.05, 4.69) is 20.5 Å². The van der Waals surface area contributed by atoms with Crippen LogP contribution in [0.3, 0.4) is 0 Å². The van der Waals surface area contributed by atoms with E-state index >= 15 is 0 Å². The van der Waals surface area contributed by atoms with Crippen LogP contribution in [0, 0.1) is 5.92 Å². The third-order valence-electron chi connectivity index (χ3n) is 5.10. The minimum atomic E-state index is 0.0564. The van der Waals surface area contributed by atoms with Crippen molar-refractivity contribution in [3.63, 3.8) is 0 Å². The van der Waals surface area contributed by atoms with Crippen LogP contribution in [0.2, 0.25) is 0 Å². The number of piperidine rings is 1. The van der Waals surface area contributed by atoms with E-state index in [0.29, 0.717) is 6.54 Å². The molecule has 0 spiro atoms. The van der Waals surface area contributed by atoms with Gasteiger partial charge in [-0.15, -0.1) is 5.10 Å². The third-order valence-corrected chi connectivity index (χ3v) is 5.10. The number of benzene rings is 1. The number of carbonyl (C=O) groups is 1. The number of fused-ring (bicyclic) bond motifs is 1. The number of nitrogens with one attached hydrogen (secondary N) is 1. The molecule has 1 aliphatic heterocycles. The molecule has 0 bridgehead atoms. The summed E-state index contributed by atoms with van der Waals surface area (Å²) in [7, 11) is 0. The molecule has 1 saturated heterocycles. The van der Waals surface area contributed by atoms with Crippen LogP contribution >= 0.6 is 0 Å². The lowest BCUT2D eigenvalue weighted by molar-refractivity contribution is -0.126. The molecule has 0 aliphatic carbocycles. The number of furan rings is 1. The van der Waals surface area contributed by atoms with E-state index in [1.807, 2.05) is 41.1 Å². The first-order chi connectivity index (χ1) is 13.3. The standard InChI is InChI=1S/C20H25N5O2/c26-20(16-6-3-11-24(14-16)15-17-7-4-13-27-17)21-10-5-12-25-19-9-2-1-8-18(19)22-23-25/h1-2,4,7-9,13,16H,3,5-6,10-12,14-15H2,(H,21,26). The van der Waals surface area contributed by atoms with Crippen molar-refractivity contribution < 1.29 is 9.21 Å². The molecule has 1 atom stereocenters. The van der Waals surface area contributed by atoms with Crippen LogP contribution in [0.4, 0.5) is 0 Å². The Morgan fingerprint density at radius 1 is 1.26 bits per heavy atom. The van der Waals surface area contributed by atoms with E-state index in [4.69, 9.17) is 4.42 Å². The van der Waals surface area contributed by atoms with Gasteiger partial charge in [0, 0.05) is 19.6 Å². The molecule has 4 rings (SSSR count). The van der Waals surface area contributed by atoms with Gasteiger partial charge in [0.05, 0.1) is 24.2 Å². The number of rotatable bonds is 7. The largest absolute Gasteiger partial charge is 0.468 e. The predicted octanol–water partition coefficient (Wildman–Crippen LogP) is 2.44.